The molecule has 54 valence electrons. The third-order valence-corrected chi connectivity index (χ3v) is 1.01. The minimum Gasteiger partial charge on any atom is -0.438 e. The van der Waals surface area contributed by atoms with Crippen LogP contribution in [0.25, 0.3) is 0 Å². The number of carbonyl (C=O) groups is 1. The summed E-state index contributed by atoms with van der Waals surface area (Å²) in [5.74, 6) is -0.320. The zero-order valence-corrected chi connectivity index (χ0v) is 5.65. The van der Waals surface area contributed by atoms with E-state index in [0.29, 0.717) is 6.42 Å². The Hall–Kier alpha value is -1.19. The highest BCUT2D eigenvalue weighted by atomic mass is 16.6. The summed E-state index contributed by atoms with van der Waals surface area (Å²) >= 11 is 0. The van der Waals surface area contributed by atoms with E-state index in [-0.39, 0.29) is 5.97 Å². The van der Waals surface area contributed by atoms with Crippen LogP contribution in [0.5, 0.6) is 0 Å². The maximum Gasteiger partial charge on any atom is 0.304 e. The van der Waals surface area contributed by atoms with Gasteiger partial charge in [-0.25, -0.2) is 0 Å². The summed E-state index contributed by atoms with van der Waals surface area (Å²) in [7, 11) is 0. The molecule has 0 saturated heterocycles. The van der Waals surface area contributed by atoms with Gasteiger partial charge in [0.25, 0.3) is 0 Å². The molecule has 4 heteroatoms. The smallest absolute Gasteiger partial charge is 0.304 e. The molecule has 0 spiro atoms. The van der Waals surface area contributed by atoms with E-state index in [0.717, 1.165) is 0 Å². The van der Waals surface area contributed by atoms with Crippen molar-refractivity contribution in [3.8, 4) is 0 Å². The fourth-order valence-electron chi connectivity index (χ4n) is 0.648. The highest BCUT2D eigenvalue weighted by Gasteiger charge is 2.09. The van der Waals surface area contributed by atoms with Crippen LogP contribution in [0.2, 0.25) is 0 Å². The molecule has 1 aliphatic rings. The van der Waals surface area contributed by atoms with Crippen molar-refractivity contribution in [1.82, 2.24) is 0 Å². The maximum absolute atomic E-state index is 10.4. The van der Waals surface area contributed by atoms with Gasteiger partial charge in [0.05, 0.1) is 0 Å². The third-order valence-electron chi connectivity index (χ3n) is 1.01. The molecule has 0 saturated carbocycles. The molecule has 0 radical (unpaired) electrons. The lowest BCUT2D eigenvalue weighted by Crippen LogP contribution is -2.13. The first kappa shape index (κ1) is 6.92. The van der Waals surface area contributed by atoms with Gasteiger partial charge in [0.2, 0.25) is 6.23 Å². The Morgan fingerprint density at radius 2 is 2.60 bits per heavy atom. The fourth-order valence-corrected chi connectivity index (χ4v) is 0.648. The Bertz CT molecular complexity index is 186. The molecule has 1 atom stereocenters. The first-order valence-electron chi connectivity index (χ1n) is 3.01. The summed E-state index contributed by atoms with van der Waals surface area (Å²) in [6.07, 6.45) is 3.62. The average molecular weight is 140 g/mol. The van der Waals surface area contributed by atoms with Gasteiger partial charge in [-0.1, -0.05) is 6.08 Å². The van der Waals surface area contributed by atoms with Gasteiger partial charge in [0.1, 0.15) is 0 Å². The molecule has 0 aromatic heterocycles. The van der Waals surface area contributed by atoms with Crippen LogP contribution in [0.4, 0.5) is 0 Å². The van der Waals surface area contributed by atoms with Crippen molar-refractivity contribution in [3.63, 3.8) is 0 Å². The van der Waals surface area contributed by atoms with Gasteiger partial charge in [0.15, 0.2) is 0 Å². The van der Waals surface area contributed by atoms with Crippen LogP contribution in [-0.4, -0.2) is 12.2 Å². The third kappa shape index (κ3) is 1.97. The largest absolute Gasteiger partial charge is 0.438 e. The monoisotopic (exact) mass is 140 g/mol. The van der Waals surface area contributed by atoms with E-state index in [4.69, 9.17) is 4.74 Å². The Morgan fingerprint density at radius 1 is 1.80 bits per heavy atom. The van der Waals surface area contributed by atoms with Crippen LogP contribution in [0.3, 0.4) is 0 Å². The molecule has 0 bridgehead atoms. The van der Waals surface area contributed by atoms with Gasteiger partial charge in [-0.15, -0.1) is 5.11 Å². The second kappa shape index (κ2) is 3.10. The van der Waals surface area contributed by atoms with Gasteiger partial charge >= 0.3 is 5.97 Å². The molecule has 1 aliphatic heterocycles. The van der Waals surface area contributed by atoms with Crippen LogP contribution in [0.15, 0.2) is 22.5 Å². The number of hydrogen-bond acceptors (Lipinski definition) is 4. The molecule has 0 aromatic carbocycles. The molecule has 0 aromatic rings. The zero-order chi connectivity index (χ0) is 7.40. The predicted octanol–water partition coefficient (Wildman–Crippen LogP) is 1.25. The second-order valence-corrected chi connectivity index (χ2v) is 1.92. The number of azo groups is 1. The topological polar surface area (TPSA) is 51.0 Å². The minimum atomic E-state index is -0.400. The van der Waals surface area contributed by atoms with Gasteiger partial charge < -0.3 is 4.74 Å². The van der Waals surface area contributed by atoms with E-state index in [1.54, 1.807) is 12.3 Å². The first-order valence-corrected chi connectivity index (χ1v) is 3.01. The van der Waals surface area contributed by atoms with Crippen molar-refractivity contribution in [1.29, 1.82) is 0 Å². The molecule has 0 amide bonds. The molecule has 0 aliphatic carbocycles. The molecule has 1 heterocycles. The van der Waals surface area contributed by atoms with Gasteiger partial charge in [-0.2, -0.15) is 5.11 Å². The number of hydrogen-bond donors (Lipinski definition) is 0. The normalized spacial score (nSPS) is 22.7. The average Bonchev–Trinajstić information content (AvgIpc) is 1.88. The molecule has 1 rings (SSSR count). The SMILES string of the molecule is CC(=O)OC1CC=CN=N1. The molecular formula is C6H8N2O2. The van der Waals surface area contributed by atoms with Crippen LogP contribution in [0.1, 0.15) is 13.3 Å². The van der Waals surface area contributed by atoms with Crippen LogP contribution >= 0.6 is 0 Å². The van der Waals surface area contributed by atoms with Crippen molar-refractivity contribution in [2.24, 2.45) is 10.2 Å². The summed E-state index contributed by atoms with van der Waals surface area (Å²) in [4.78, 5) is 10.4. The Labute approximate surface area is 58.6 Å². The number of rotatable bonds is 1. The van der Waals surface area contributed by atoms with Crippen LogP contribution in [-0.2, 0) is 9.53 Å². The van der Waals surface area contributed by atoms with Crippen molar-refractivity contribution in [2.75, 3.05) is 0 Å². The summed E-state index contributed by atoms with van der Waals surface area (Å²) in [6, 6.07) is 0. The molecule has 0 fully saturated rings. The molecule has 0 N–H and O–H groups in total. The first-order chi connectivity index (χ1) is 4.79. The number of carbonyl (C=O) groups excluding carboxylic acids is 1. The standard InChI is InChI=1S/C6H8N2O2/c1-5(9)10-6-3-2-4-7-8-6/h2,4,6H,3H2,1H3. The lowest BCUT2D eigenvalue weighted by Gasteiger charge is -2.09. The quantitative estimate of drug-likeness (QED) is 0.514. The lowest BCUT2D eigenvalue weighted by atomic mass is 10.3. The van der Waals surface area contributed by atoms with Crippen LogP contribution < -0.4 is 0 Å². The van der Waals surface area contributed by atoms with E-state index in [9.17, 15) is 4.79 Å². The number of esters is 1. The van der Waals surface area contributed by atoms with E-state index in [1.807, 2.05) is 0 Å². The van der Waals surface area contributed by atoms with Crippen molar-refractivity contribution >= 4 is 5.97 Å². The summed E-state index contributed by atoms with van der Waals surface area (Å²) in [5, 5.41) is 7.24. The van der Waals surface area contributed by atoms with E-state index in [1.165, 1.54) is 6.92 Å². The van der Waals surface area contributed by atoms with Crippen molar-refractivity contribution in [2.45, 2.75) is 19.6 Å². The van der Waals surface area contributed by atoms with Gasteiger partial charge in [0, 0.05) is 19.5 Å². The fraction of sp³-hybridized carbons (Fsp3) is 0.500. The predicted molar refractivity (Wildman–Crippen MR) is 34.2 cm³/mol. The highest BCUT2D eigenvalue weighted by Crippen LogP contribution is 2.07. The summed E-state index contributed by atoms with van der Waals surface area (Å²) in [5.41, 5.74) is 0. The zero-order valence-electron chi connectivity index (χ0n) is 5.65. The second-order valence-electron chi connectivity index (χ2n) is 1.92. The lowest BCUT2D eigenvalue weighted by molar-refractivity contribution is -0.146. The van der Waals surface area contributed by atoms with Crippen molar-refractivity contribution < 1.29 is 9.53 Å². The molecule has 10 heavy (non-hydrogen) atoms. The molecule has 4 nitrogen and oxygen atoms in total. The van der Waals surface area contributed by atoms with E-state index in [2.05, 4.69) is 10.2 Å². The minimum absolute atomic E-state index is 0.320. The Morgan fingerprint density at radius 3 is 3.10 bits per heavy atom. The van der Waals surface area contributed by atoms with Gasteiger partial charge in [-0.05, 0) is 0 Å². The Balaban J connectivity index is 2.37. The highest BCUT2D eigenvalue weighted by molar-refractivity contribution is 5.66. The summed E-state index contributed by atoms with van der Waals surface area (Å²) in [6.45, 7) is 1.36. The van der Waals surface area contributed by atoms with E-state index < -0.39 is 6.23 Å². The molecular weight excluding hydrogens is 132 g/mol. The number of nitrogens with zero attached hydrogens (tertiary/aromatic N) is 2. The molecule has 1 unspecified atom stereocenters. The van der Waals surface area contributed by atoms with E-state index >= 15 is 0 Å². The summed E-state index contributed by atoms with van der Waals surface area (Å²) < 4.78 is 4.74. The Kier molecular flexibility index (Phi) is 2.15. The number of ether oxygens (including phenoxy) is 1. The van der Waals surface area contributed by atoms with Crippen molar-refractivity contribution in [3.05, 3.63) is 12.3 Å². The van der Waals surface area contributed by atoms with Gasteiger partial charge in [-0.3, -0.25) is 4.79 Å². The van der Waals surface area contributed by atoms with Crippen LogP contribution in [0, 0.1) is 0 Å². The maximum atomic E-state index is 10.4.